The van der Waals surface area contributed by atoms with Gasteiger partial charge in [-0.2, -0.15) is 12.7 Å². The third kappa shape index (κ3) is 5.70. The Kier molecular flexibility index (Phi) is 7.24. The Hall–Kier alpha value is -2.84. The van der Waals surface area contributed by atoms with Crippen molar-refractivity contribution in [3.8, 4) is 17.1 Å². The zero-order chi connectivity index (χ0) is 25.2. The number of rotatable bonds is 9. The molecule has 13 heteroatoms. The predicted molar refractivity (Wildman–Crippen MR) is 136 cm³/mol. The smallest absolute Gasteiger partial charge is 0.331 e. The molecule has 1 aliphatic rings. The van der Waals surface area contributed by atoms with Crippen molar-refractivity contribution in [1.82, 2.24) is 14.3 Å². The monoisotopic (exact) mass is 536 g/mol. The van der Waals surface area contributed by atoms with Gasteiger partial charge >= 0.3 is 10.1 Å². The molecule has 3 aromatic rings. The quantitative estimate of drug-likeness (QED) is 0.380. The summed E-state index contributed by atoms with van der Waals surface area (Å²) in [4.78, 5) is 12.4. The number of morpholine rings is 1. The van der Waals surface area contributed by atoms with Gasteiger partial charge in [0.15, 0.2) is 11.6 Å². The Bertz CT molecular complexity index is 1480. The normalized spacial score (nSPS) is 14.9. The molecule has 4 rings (SSSR count). The minimum atomic E-state index is -3.91. The zero-order valence-corrected chi connectivity index (χ0v) is 21.4. The fourth-order valence-electron chi connectivity index (χ4n) is 3.45. The van der Waals surface area contributed by atoms with E-state index in [1.54, 1.807) is 18.2 Å². The second-order valence-corrected chi connectivity index (χ2v) is 12.2. The number of thiophene rings is 1. The average molecular weight is 537 g/mol. The van der Waals surface area contributed by atoms with Crippen molar-refractivity contribution >= 4 is 47.5 Å². The molecule has 10 nitrogen and oxygen atoms in total. The maximum Gasteiger partial charge on any atom is 0.331 e. The van der Waals surface area contributed by atoms with E-state index in [9.17, 15) is 16.8 Å². The molecule has 0 radical (unpaired) electrons. The molecule has 0 aliphatic carbocycles. The van der Waals surface area contributed by atoms with Crippen LogP contribution in [0.15, 0.2) is 54.3 Å². The number of nitrogens with zero attached hydrogens (tertiary/aromatic N) is 4. The minimum Gasteiger partial charge on any atom is -0.379 e. The van der Waals surface area contributed by atoms with Crippen LogP contribution in [0.25, 0.3) is 21.6 Å². The molecule has 1 aromatic carbocycles. The maximum atomic E-state index is 12.1. The van der Waals surface area contributed by atoms with Gasteiger partial charge in [0.25, 0.3) is 0 Å². The number of fused-ring (bicyclic) bond motifs is 1. The molecule has 0 spiro atoms. The highest BCUT2D eigenvalue weighted by molar-refractivity contribution is 7.92. The van der Waals surface area contributed by atoms with Crippen molar-refractivity contribution in [3.63, 3.8) is 0 Å². The van der Waals surface area contributed by atoms with E-state index >= 15 is 0 Å². The fraction of sp³-hybridized carbons (Fsp3) is 0.273. The van der Waals surface area contributed by atoms with Gasteiger partial charge in [0.1, 0.15) is 5.75 Å². The van der Waals surface area contributed by atoms with Crippen molar-refractivity contribution in [1.29, 1.82) is 0 Å². The largest absolute Gasteiger partial charge is 0.379 e. The first-order valence-electron chi connectivity index (χ1n) is 10.5. The second kappa shape index (κ2) is 10.0. The van der Waals surface area contributed by atoms with Crippen LogP contribution in [0.5, 0.6) is 5.75 Å². The summed E-state index contributed by atoms with van der Waals surface area (Å²) in [7, 11) is -5.99. The van der Waals surface area contributed by atoms with Gasteiger partial charge in [-0.05, 0) is 18.2 Å². The van der Waals surface area contributed by atoms with Crippen LogP contribution in [0.3, 0.4) is 0 Å². The lowest BCUT2D eigenvalue weighted by Crippen LogP contribution is -2.36. The molecule has 3 heterocycles. The van der Waals surface area contributed by atoms with Crippen LogP contribution < -0.4 is 9.08 Å². The number of aromatic nitrogens is 2. The Morgan fingerprint density at radius 2 is 1.89 bits per heavy atom. The second-order valence-electron chi connectivity index (χ2n) is 7.64. The van der Waals surface area contributed by atoms with E-state index in [1.807, 2.05) is 6.07 Å². The summed E-state index contributed by atoms with van der Waals surface area (Å²) >= 11 is 1.43. The molecular weight excluding hydrogens is 512 g/mol. The van der Waals surface area contributed by atoms with Gasteiger partial charge in [-0.25, -0.2) is 18.4 Å². The molecule has 0 bridgehead atoms. The summed E-state index contributed by atoms with van der Waals surface area (Å²) in [5.74, 6) is 1.21. The van der Waals surface area contributed by atoms with Crippen molar-refractivity contribution in [3.05, 3.63) is 59.2 Å². The van der Waals surface area contributed by atoms with Crippen molar-refractivity contribution in [2.24, 2.45) is 0 Å². The molecule has 1 saturated heterocycles. The van der Waals surface area contributed by atoms with Crippen molar-refractivity contribution < 1.29 is 25.8 Å². The molecule has 1 fully saturated rings. The first-order chi connectivity index (χ1) is 16.6. The van der Waals surface area contributed by atoms with E-state index in [0.29, 0.717) is 49.0 Å². The van der Waals surface area contributed by atoms with Crippen LogP contribution in [0.2, 0.25) is 0 Å². The highest BCUT2D eigenvalue weighted by atomic mass is 32.2. The lowest BCUT2D eigenvalue weighted by Gasteiger charge is -2.28. The van der Waals surface area contributed by atoms with E-state index in [-0.39, 0.29) is 12.3 Å². The first kappa shape index (κ1) is 25.3. The third-order valence-electron chi connectivity index (χ3n) is 5.25. The van der Waals surface area contributed by atoms with E-state index in [2.05, 4.69) is 18.1 Å². The number of hydrogen-bond acceptors (Lipinski definition) is 10. The summed E-state index contributed by atoms with van der Waals surface area (Å²) < 4.78 is 60.4. The summed E-state index contributed by atoms with van der Waals surface area (Å²) in [5.41, 5.74) is 1.23. The molecule has 0 saturated carbocycles. The van der Waals surface area contributed by atoms with Crippen LogP contribution in [-0.2, 0) is 31.4 Å². The van der Waals surface area contributed by atoms with Crippen LogP contribution >= 0.6 is 11.3 Å². The average Bonchev–Trinajstić information content (AvgIpc) is 3.26. The Balaban J connectivity index is 1.79. The Morgan fingerprint density at radius 1 is 1.14 bits per heavy atom. The third-order valence-corrected chi connectivity index (χ3v) is 8.60. The van der Waals surface area contributed by atoms with E-state index in [4.69, 9.17) is 18.9 Å². The number of sulfonamides is 1. The zero-order valence-electron chi connectivity index (χ0n) is 19.0. The number of ether oxygens (including phenoxy) is 1. The predicted octanol–water partition coefficient (Wildman–Crippen LogP) is 2.95. The standard InChI is InChI=1S/C22H24N4O6S3/c1-4-34(27,28)25(3)15-18-14-19-20(33-18)22(26-9-11-31-12-10-26)24-21(23-19)16-7-6-8-17(13-16)32-35(29,30)5-2/h4-8,13-14H,1-2,9-12,15H2,3H3. The Morgan fingerprint density at radius 3 is 2.57 bits per heavy atom. The highest BCUT2D eigenvalue weighted by Gasteiger charge is 2.22. The lowest BCUT2D eigenvalue weighted by atomic mass is 10.2. The van der Waals surface area contributed by atoms with Gasteiger partial charge in [0.2, 0.25) is 10.0 Å². The molecule has 186 valence electrons. The summed E-state index contributed by atoms with van der Waals surface area (Å²) in [6.07, 6.45) is 0. The van der Waals surface area contributed by atoms with E-state index in [0.717, 1.165) is 20.4 Å². The summed E-state index contributed by atoms with van der Waals surface area (Å²) in [6.45, 7) is 9.19. The van der Waals surface area contributed by atoms with Gasteiger partial charge in [-0.15, -0.1) is 11.3 Å². The molecule has 0 unspecified atom stereocenters. The molecule has 2 aromatic heterocycles. The summed E-state index contributed by atoms with van der Waals surface area (Å²) in [6, 6.07) is 8.31. The number of anilines is 1. The summed E-state index contributed by atoms with van der Waals surface area (Å²) in [5, 5.41) is 1.65. The van der Waals surface area contributed by atoms with Gasteiger partial charge in [-0.3, -0.25) is 0 Å². The fourth-order valence-corrected chi connectivity index (χ4v) is 5.71. The van der Waals surface area contributed by atoms with Gasteiger partial charge in [-0.1, -0.05) is 25.3 Å². The van der Waals surface area contributed by atoms with Crippen molar-refractivity contribution in [2.75, 3.05) is 38.3 Å². The van der Waals surface area contributed by atoms with Crippen molar-refractivity contribution in [2.45, 2.75) is 6.54 Å². The maximum absolute atomic E-state index is 12.1. The number of hydrogen-bond donors (Lipinski definition) is 0. The van der Waals surface area contributed by atoms with Crippen LogP contribution in [0.4, 0.5) is 5.82 Å². The van der Waals surface area contributed by atoms with E-state index < -0.39 is 20.1 Å². The molecule has 0 amide bonds. The van der Waals surface area contributed by atoms with Crippen LogP contribution in [-0.4, -0.2) is 64.5 Å². The molecular formula is C22H24N4O6S3. The lowest BCUT2D eigenvalue weighted by molar-refractivity contribution is 0.122. The minimum absolute atomic E-state index is 0.112. The Labute approximate surface area is 208 Å². The topological polar surface area (TPSA) is 119 Å². The first-order valence-corrected chi connectivity index (χ1v) is 14.3. The van der Waals surface area contributed by atoms with Gasteiger partial charge < -0.3 is 13.8 Å². The number of benzene rings is 1. The van der Waals surface area contributed by atoms with Gasteiger partial charge in [0.05, 0.1) is 28.8 Å². The van der Waals surface area contributed by atoms with Crippen LogP contribution in [0.1, 0.15) is 4.88 Å². The molecule has 1 aliphatic heterocycles. The van der Waals surface area contributed by atoms with E-state index in [1.165, 1.54) is 28.8 Å². The SMILES string of the molecule is C=CS(=O)(=O)Oc1cccc(-c2nc(N3CCOCC3)c3sc(CN(C)S(=O)(=O)C=C)cc3n2)c1. The van der Waals surface area contributed by atoms with Gasteiger partial charge in [0, 0.05) is 42.5 Å². The molecule has 0 N–H and O–H groups in total. The highest BCUT2D eigenvalue weighted by Crippen LogP contribution is 2.35. The molecule has 35 heavy (non-hydrogen) atoms. The van der Waals surface area contributed by atoms with Crippen LogP contribution in [0, 0.1) is 0 Å². The molecule has 0 atom stereocenters.